The van der Waals surface area contributed by atoms with Gasteiger partial charge in [-0.15, -0.1) is 0 Å². The van der Waals surface area contributed by atoms with Crippen LogP contribution < -0.4 is 9.47 Å². The van der Waals surface area contributed by atoms with E-state index in [1.54, 1.807) is 20.4 Å². The van der Waals surface area contributed by atoms with Crippen LogP contribution in [-0.2, 0) is 19.9 Å². The van der Waals surface area contributed by atoms with Crippen molar-refractivity contribution >= 4 is 16.9 Å². The minimum absolute atomic E-state index is 0.104. The van der Waals surface area contributed by atoms with E-state index in [9.17, 15) is 4.79 Å². The summed E-state index contributed by atoms with van der Waals surface area (Å²) >= 11 is 0. The molecule has 4 atom stereocenters. The quantitative estimate of drug-likeness (QED) is 0.567. The smallest absolute Gasteiger partial charge is 0.312 e. The van der Waals surface area contributed by atoms with Crippen molar-refractivity contribution in [3.8, 4) is 11.5 Å². The van der Waals surface area contributed by atoms with Crippen LogP contribution >= 0.6 is 0 Å². The van der Waals surface area contributed by atoms with Crippen LogP contribution in [0.5, 0.6) is 11.5 Å². The molecular formula is C23H26N2O5. The molecule has 2 aromatic rings. The Morgan fingerprint density at radius 3 is 2.73 bits per heavy atom. The lowest BCUT2D eigenvalue weighted by Gasteiger charge is -2.35. The summed E-state index contributed by atoms with van der Waals surface area (Å²) in [6, 6.07) is 5.88. The van der Waals surface area contributed by atoms with Gasteiger partial charge in [-0.05, 0) is 37.0 Å². The summed E-state index contributed by atoms with van der Waals surface area (Å²) in [5, 5.41) is 0.903. The summed E-state index contributed by atoms with van der Waals surface area (Å²) in [5.41, 5.74) is 2.22. The number of esters is 1. The summed E-state index contributed by atoms with van der Waals surface area (Å²) in [6.45, 7) is 3.35. The SMILES string of the molecule is C/C=C1\CN2COC3(c4ccnc5cc(OC)c(OC)cc45)C(C(=O)OC)C1CC23. The first-order chi connectivity index (χ1) is 14.6. The minimum atomic E-state index is -0.788. The highest BCUT2D eigenvalue weighted by Gasteiger charge is 2.68. The number of carbonyl (C=O) groups is 1. The van der Waals surface area contributed by atoms with Crippen molar-refractivity contribution in [2.24, 2.45) is 11.8 Å². The molecule has 3 aliphatic rings. The van der Waals surface area contributed by atoms with Gasteiger partial charge in [-0.3, -0.25) is 14.7 Å². The maximum Gasteiger partial charge on any atom is 0.312 e. The molecule has 2 aliphatic heterocycles. The third-order valence-corrected chi connectivity index (χ3v) is 7.10. The predicted molar refractivity (Wildman–Crippen MR) is 110 cm³/mol. The van der Waals surface area contributed by atoms with Crippen molar-refractivity contribution in [1.82, 2.24) is 9.88 Å². The molecule has 1 saturated carbocycles. The van der Waals surface area contributed by atoms with Gasteiger partial charge in [0.05, 0.1) is 32.8 Å². The van der Waals surface area contributed by atoms with Gasteiger partial charge in [0.1, 0.15) is 12.3 Å². The number of piperidine rings is 1. The second kappa shape index (κ2) is 6.96. The Morgan fingerprint density at radius 1 is 1.27 bits per heavy atom. The number of hydrogen-bond donors (Lipinski definition) is 0. The molecule has 1 aromatic carbocycles. The van der Waals surface area contributed by atoms with Crippen LogP contribution in [-0.4, -0.2) is 56.5 Å². The number of benzene rings is 1. The molecule has 0 spiro atoms. The third-order valence-electron chi connectivity index (χ3n) is 7.10. The molecule has 3 fully saturated rings. The Balaban J connectivity index is 1.78. The second-order valence-electron chi connectivity index (χ2n) is 8.12. The molecule has 30 heavy (non-hydrogen) atoms. The summed E-state index contributed by atoms with van der Waals surface area (Å²) in [7, 11) is 4.68. The van der Waals surface area contributed by atoms with Gasteiger partial charge in [0, 0.05) is 30.2 Å². The first-order valence-corrected chi connectivity index (χ1v) is 10.2. The maximum absolute atomic E-state index is 13.1. The summed E-state index contributed by atoms with van der Waals surface area (Å²) < 4.78 is 22.9. The molecule has 2 saturated heterocycles. The molecule has 2 bridgehead atoms. The number of fused-ring (bicyclic) bond motifs is 2. The van der Waals surface area contributed by atoms with Gasteiger partial charge in [0.2, 0.25) is 0 Å². The fourth-order valence-electron chi connectivity index (χ4n) is 5.83. The first kappa shape index (κ1) is 19.3. The number of aromatic nitrogens is 1. The van der Waals surface area contributed by atoms with E-state index < -0.39 is 11.5 Å². The van der Waals surface area contributed by atoms with Gasteiger partial charge in [0.15, 0.2) is 11.5 Å². The topological polar surface area (TPSA) is 70.1 Å². The number of rotatable bonds is 4. The predicted octanol–water partition coefficient (Wildman–Crippen LogP) is 2.87. The molecule has 0 N–H and O–H groups in total. The van der Waals surface area contributed by atoms with E-state index >= 15 is 0 Å². The number of methoxy groups -OCH3 is 3. The van der Waals surface area contributed by atoms with Crippen LogP contribution in [0.2, 0.25) is 0 Å². The zero-order valence-corrected chi connectivity index (χ0v) is 17.7. The van der Waals surface area contributed by atoms with E-state index in [-0.39, 0.29) is 17.9 Å². The van der Waals surface area contributed by atoms with Crippen molar-refractivity contribution in [3.63, 3.8) is 0 Å². The molecule has 0 amide bonds. The fraction of sp³-hybridized carbons (Fsp3) is 0.478. The molecular weight excluding hydrogens is 384 g/mol. The fourth-order valence-corrected chi connectivity index (χ4v) is 5.83. The van der Waals surface area contributed by atoms with Crippen LogP contribution in [0.1, 0.15) is 18.9 Å². The highest BCUT2D eigenvalue weighted by atomic mass is 16.5. The zero-order chi connectivity index (χ0) is 21.0. The Morgan fingerprint density at radius 2 is 2.03 bits per heavy atom. The average Bonchev–Trinajstić information content (AvgIpc) is 3.28. The molecule has 1 aromatic heterocycles. The van der Waals surface area contributed by atoms with E-state index in [1.807, 2.05) is 25.1 Å². The summed E-state index contributed by atoms with van der Waals surface area (Å²) in [5.74, 6) is 0.704. The lowest BCUT2D eigenvalue weighted by molar-refractivity contribution is -0.158. The van der Waals surface area contributed by atoms with E-state index in [2.05, 4.69) is 16.0 Å². The van der Waals surface area contributed by atoms with Crippen LogP contribution in [0.15, 0.2) is 36.0 Å². The van der Waals surface area contributed by atoms with E-state index in [0.29, 0.717) is 18.2 Å². The monoisotopic (exact) mass is 410 g/mol. The standard InChI is InChI=1S/C23H26N2O5/c1-5-13-11-25-12-30-23(20(25)9-14(13)21(23)22(26)29-4)16-6-7-24-17-10-19(28-3)18(27-2)8-15(16)17/h5-8,10,14,20-21H,9,11-12H2,1-4H3/b13-5+. The van der Waals surface area contributed by atoms with Gasteiger partial charge in [0.25, 0.3) is 0 Å². The number of hydrogen-bond acceptors (Lipinski definition) is 7. The average molecular weight is 410 g/mol. The Kier molecular flexibility index (Phi) is 4.48. The lowest BCUT2D eigenvalue weighted by Crippen LogP contribution is -2.44. The van der Waals surface area contributed by atoms with Crippen molar-refractivity contribution in [2.75, 3.05) is 34.6 Å². The van der Waals surface area contributed by atoms with Crippen molar-refractivity contribution in [2.45, 2.75) is 25.0 Å². The highest BCUT2D eigenvalue weighted by molar-refractivity contribution is 5.88. The number of carbonyl (C=O) groups excluding carboxylic acids is 1. The van der Waals surface area contributed by atoms with Crippen molar-refractivity contribution < 1.29 is 23.7 Å². The van der Waals surface area contributed by atoms with Crippen molar-refractivity contribution in [3.05, 3.63) is 41.6 Å². The number of nitrogens with zero attached hydrogens (tertiary/aromatic N) is 2. The second-order valence-corrected chi connectivity index (χ2v) is 8.12. The summed E-state index contributed by atoms with van der Waals surface area (Å²) in [4.78, 5) is 20.0. The minimum Gasteiger partial charge on any atom is -0.493 e. The zero-order valence-electron chi connectivity index (χ0n) is 17.7. The Labute approximate surface area is 175 Å². The molecule has 7 heteroatoms. The molecule has 3 heterocycles. The molecule has 1 aliphatic carbocycles. The summed E-state index contributed by atoms with van der Waals surface area (Å²) in [6.07, 6.45) is 4.79. The molecule has 5 rings (SSSR count). The van der Waals surface area contributed by atoms with E-state index in [0.717, 1.165) is 29.4 Å². The third kappa shape index (κ3) is 2.39. The molecule has 0 radical (unpaired) electrons. The first-order valence-electron chi connectivity index (χ1n) is 10.2. The van der Waals surface area contributed by atoms with Crippen LogP contribution in [0.25, 0.3) is 10.9 Å². The van der Waals surface area contributed by atoms with E-state index in [4.69, 9.17) is 18.9 Å². The normalized spacial score (nSPS) is 31.3. The van der Waals surface area contributed by atoms with Gasteiger partial charge in [-0.2, -0.15) is 0 Å². The number of ether oxygens (including phenoxy) is 4. The Bertz CT molecular complexity index is 1050. The largest absolute Gasteiger partial charge is 0.493 e. The molecule has 158 valence electrons. The van der Waals surface area contributed by atoms with Crippen LogP contribution in [0.4, 0.5) is 0 Å². The maximum atomic E-state index is 13.1. The van der Waals surface area contributed by atoms with Crippen LogP contribution in [0.3, 0.4) is 0 Å². The lowest BCUT2D eigenvalue weighted by atomic mass is 9.77. The highest BCUT2D eigenvalue weighted by Crippen LogP contribution is 2.60. The van der Waals surface area contributed by atoms with Gasteiger partial charge >= 0.3 is 5.97 Å². The van der Waals surface area contributed by atoms with E-state index in [1.165, 1.54) is 12.7 Å². The van der Waals surface area contributed by atoms with Crippen molar-refractivity contribution in [1.29, 1.82) is 0 Å². The molecule has 4 unspecified atom stereocenters. The molecule has 7 nitrogen and oxygen atoms in total. The number of allylic oxidation sites excluding steroid dienone is 1. The number of pyridine rings is 1. The van der Waals surface area contributed by atoms with Gasteiger partial charge < -0.3 is 18.9 Å². The van der Waals surface area contributed by atoms with Gasteiger partial charge in [-0.1, -0.05) is 11.6 Å². The van der Waals surface area contributed by atoms with Gasteiger partial charge in [-0.25, -0.2) is 0 Å². The Hall–Kier alpha value is -2.64. The van der Waals surface area contributed by atoms with Crippen LogP contribution in [0, 0.1) is 11.8 Å².